The highest BCUT2D eigenvalue weighted by Gasteiger charge is 2.24. The highest BCUT2D eigenvalue weighted by atomic mass is 32.2. The van der Waals surface area contributed by atoms with E-state index in [1.54, 1.807) is 6.92 Å². The molecule has 0 bridgehead atoms. The molecular formula is C10H18N2O3S2. The van der Waals surface area contributed by atoms with Crippen molar-refractivity contribution in [3.05, 3.63) is 15.4 Å². The molecule has 17 heavy (non-hydrogen) atoms. The monoisotopic (exact) mass is 278 g/mol. The van der Waals surface area contributed by atoms with Gasteiger partial charge in [0.05, 0.1) is 0 Å². The Morgan fingerprint density at radius 1 is 1.41 bits per heavy atom. The molecule has 0 saturated carbocycles. The molecule has 0 aliphatic carbocycles. The third-order valence-corrected chi connectivity index (χ3v) is 5.73. The number of aromatic nitrogens is 1. The lowest BCUT2D eigenvalue weighted by Gasteiger charge is -2.22. The van der Waals surface area contributed by atoms with Crippen molar-refractivity contribution in [3.8, 4) is 0 Å². The van der Waals surface area contributed by atoms with E-state index < -0.39 is 10.0 Å². The van der Waals surface area contributed by atoms with Crippen LogP contribution in [0.2, 0.25) is 0 Å². The van der Waals surface area contributed by atoms with Gasteiger partial charge in [0.2, 0.25) is 0 Å². The van der Waals surface area contributed by atoms with Crippen LogP contribution in [0.3, 0.4) is 0 Å². The fourth-order valence-electron chi connectivity index (χ4n) is 1.13. The van der Waals surface area contributed by atoms with Crippen molar-refractivity contribution in [2.45, 2.75) is 38.3 Å². The number of aryl methyl sites for hydroxylation is 1. The third kappa shape index (κ3) is 3.65. The van der Waals surface area contributed by atoms with Gasteiger partial charge >= 0.3 is 4.87 Å². The molecule has 0 unspecified atom stereocenters. The van der Waals surface area contributed by atoms with Gasteiger partial charge in [-0.3, -0.25) is 4.79 Å². The summed E-state index contributed by atoms with van der Waals surface area (Å²) in [6.07, 6.45) is 0.873. The molecule has 2 N–H and O–H groups in total. The van der Waals surface area contributed by atoms with Gasteiger partial charge in [0.25, 0.3) is 10.0 Å². The van der Waals surface area contributed by atoms with Crippen LogP contribution in [0.4, 0.5) is 0 Å². The van der Waals surface area contributed by atoms with E-state index in [-0.39, 0.29) is 14.5 Å². The Bertz CT molecular complexity index is 540. The minimum absolute atomic E-state index is 0.0782. The number of H-pyrrole nitrogens is 1. The zero-order valence-corrected chi connectivity index (χ0v) is 12.1. The fourth-order valence-corrected chi connectivity index (χ4v) is 3.71. The van der Waals surface area contributed by atoms with Crippen LogP contribution in [0.5, 0.6) is 0 Å². The SMILES string of the molecule is CCC(C)(C)CNS(=O)(=O)c1sc(=O)[nH]c1C. The second kappa shape index (κ2) is 4.91. The lowest BCUT2D eigenvalue weighted by Crippen LogP contribution is -2.33. The van der Waals surface area contributed by atoms with Gasteiger partial charge in [0.15, 0.2) is 4.21 Å². The summed E-state index contributed by atoms with van der Waals surface area (Å²) in [6, 6.07) is 0. The summed E-state index contributed by atoms with van der Waals surface area (Å²) in [7, 11) is -3.58. The molecule has 0 aliphatic rings. The first-order valence-corrected chi connectivity index (χ1v) is 7.67. The van der Waals surface area contributed by atoms with Gasteiger partial charge < -0.3 is 4.98 Å². The number of hydrogen-bond donors (Lipinski definition) is 2. The van der Waals surface area contributed by atoms with Crippen LogP contribution in [-0.4, -0.2) is 19.9 Å². The summed E-state index contributed by atoms with van der Waals surface area (Å²) in [4.78, 5) is 13.2. The van der Waals surface area contributed by atoms with Crippen molar-refractivity contribution in [1.29, 1.82) is 0 Å². The molecule has 98 valence electrons. The van der Waals surface area contributed by atoms with Crippen LogP contribution in [-0.2, 0) is 10.0 Å². The second-order valence-electron chi connectivity index (χ2n) is 4.77. The van der Waals surface area contributed by atoms with E-state index >= 15 is 0 Å². The first-order chi connectivity index (χ1) is 7.68. The van der Waals surface area contributed by atoms with E-state index in [0.717, 1.165) is 17.8 Å². The predicted octanol–water partition coefficient (Wildman–Crippen LogP) is 1.46. The number of thiazole rings is 1. The molecule has 1 rings (SSSR count). The molecule has 0 saturated heterocycles. The van der Waals surface area contributed by atoms with E-state index in [0.29, 0.717) is 12.2 Å². The Balaban J connectivity index is 2.91. The van der Waals surface area contributed by atoms with Crippen molar-refractivity contribution in [2.75, 3.05) is 6.54 Å². The molecule has 7 heteroatoms. The quantitative estimate of drug-likeness (QED) is 0.855. The van der Waals surface area contributed by atoms with Crippen molar-refractivity contribution >= 4 is 21.4 Å². The van der Waals surface area contributed by atoms with Gasteiger partial charge in [-0.15, -0.1) is 0 Å². The minimum atomic E-state index is -3.58. The van der Waals surface area contributed by atoms with Crippen LogP contribution in [0.15, 0.2) is 9.00 Å². The number of rotatable bonds is 5. The van der Waals surface area contributed by atoms with E-state index in [1.807, 2.05) is 20.8 Å². The highest BCUT2D eigenvalue weighted by Crippen LogP contribution is 2.21. The minimum Gasteiger partial charge on any atom is -0.315 e. The van der Waals surface area contributed by atoms with Crippen LogP contribution in [0, 0.1) is 12.3 Å². The fraction of sp³-hybridized carbons (Fsp3) is 0.700. The average Bonchev–Trinajstić information content (AvgIpc) is 2.56. The topological polar surface area (TPSA) is 79.0 Å². The molecule has 0 aromatic carbocycles. The average molecular weight is 278 g/mol. The summed E-state index contributed by atoms with van der Waals surface area (Å²) in [5.41, 5.74) is 0.296. The highest BCUT2D eigenvalue weighted by molar-refractivity contribution is 7.91. The van der Waals surface area contributed by atoms with Gasteiger partial charge in [-0.25, -0.2) is 13.1 Å². The molecule has 0 amide bonds. The number of hydrogen-bond acceptors (Lipinski definition) is 4. The Labute approximate surface area is 105 Å². The van der Waals surface area contributed by atoms with Gasteiger partial charge in [-0.05, 0) is 18.8 Å². The van der Waals surface area contributed by atoms with Crippen LogP contribution < -0.4 is 9.60 Å². The molecule has 0 spiro atoms. The Hall–Kier alpha value is -0.660. The smallest absolute Gasteiger partial charge is 0.305 e. The van der Waals surface area contributed by atoms with Crippen molar-refractivity contribution in [3.63, 3.8) is 0 Å². The standard InChI is InChI=1S/C10H18N2O3S2/c1-5-10(3,4)6-11-17(14,15)8-7(2)12-9(13)16-8/h11H,5-6H2,1-4H3,(H,12,13). The maximum absolute atomic E-state index is 12.0. The first-order valence-electron chi connectivity index (χ1n) is 5.37. The molecular weight excluding hydrogens is 260 g/mol. The predicted molar refractivity (Wildman–Crippen MR) is 68.9 cm³/mol. The van der Waals surface area contributed by atoms with E-state index in [4.69, 9.17) is 0 Å². The molecule has 0 radical (unpaired) electrons. The maximum Gasteiger partial charge on any atom is 0.305 e. The van der Waals surface area contributed by atoms with Gasteiger partial charge in [-0.2, -0.15) is 0 Å². The lowest BCUT2D eigenvalue weighted by atomic mass is 9.91. The zero-order valence-electron chi connectivity index (χ0n) is 10.5. The number of sulfonamides is 1. The zero-order chi connectivity index (χ0) is 13.3. The summed E-state index contributed by atoms with van der Waals surface area (Å²) in [5, 5.41) is 0. The molecule has 0 fully saturated rings. The van der Waals surface area contributed by atoms with Crippen LogP contribution >= 0.6 is 11.3 Å². The van der Waals surface area contributed by atoms with E-state index in [2.05, 4.69) is 9.71 Å². The van der Waals surface area contributed by atoms with E-state index in [9.17, 15) is 13.2 Å². The molecule has 0 aliphatic heterocycles. The van der Waals surface area contributed by atoms with Gasteiger partial charge in [-0.1, -0.05) is 32.1 Å². The van der Waals surface area contributed by atoms with E-state index in [1.165, 1.54) is 0 Å². The van der Waals surface area contributed by atoms with Crippen LogP contribution in [0.1, 0.15) is 32.9 Å². The van der Waals surface area contributed by atoms with Crippen molar-refractivity contribution in [1.82, 2.24) is 9.71 Å². The van der Waals surface area contributed by atoms with Gasteiger partial charge in [0, 0.05) is 12.2 Å². The molecule has 0 atom stereocenters. The first kappa shape index (κ1) is 14.4. The summed E-state index contributed by atoms with van der Waals surface area (Å²) in [5.74, 6) is 0. The Morgan fingerprint density at radius 3 is 2.41 bits per heavy atom. The lowest BCUT2D eigenvalue weighted by molar-refractivity contribution is 0.350. The number of aromatic amines is 1. The molecule has 1 heterocycles. The Morgan fingerprint density at radius 2 is 2.00 bits per heavy atom. The summed E-state index contributed by atoms with van der Waals surface area (Å²) in [6.45, 7) is 7.92. The van der Waals surface area contributed by atoms with Crippen molar-refractivity contribution in [2.24, 2.45) is 5.41 Å². The summed E-state index contributed by atoms with van der Waals surface area (Å²) < 4.78 is 26.6. The Kier molecular flexibility index (Phi) is 4.16. The number of nitrogens with one attached hydrogen (secondary N) is 2. The maximum atomic E-state index is 12.0. The normalized spacial score (nSPS) is 12.9. The largest absolute Gasteiger partial charge is 0.315 e. The van der Waals surface area contributed by atoms with Crippen molar-refractivity contribution < 1.29 is 8.42 Å². The van der Waals surface area contributed by atoms with Crippen LogP contribution in [0.25, 0.3) is 0 Å². The molecule has 5 nitrogen and oxygen atoms in total. The molecule has 1 aromatic heterocycles. The third-order valence-electron chi connectivity index (χ3n) is 2.72. The molecule has 1 aromatic rings. The summed E-state index contributed by atoms with van der Waals surface area (Å²) >= 11 is 0.718. The van der Waals surface area contributed by atoms with Gasteiger partial charge in [0.1, 0.15) is 0 Å². The second-order valence-corrected chi connectivity index (χ2v) is 7.71.